The molecule has 0 bridgehead atoms. The zero-order chi connectivity index (χ0) is 11.0. The van der Waals surface area contributed by atoms with E-state index in [2.05, 4.69) is 5.10 Å². The summed E-state index contributed by atoms with van der Waals surface area (Å²) >= 11 is 5.86. The molecule has 0 unspecified atom stereocenters. The number of aryl methyl sites for hydroxylation is 2. The molecular formula is C10H9ClN2O2. The van der Waals surface area contributed by atoms with Crippen LogP contribution in [0.1, 0.15) is 21.8 Å². The van der Waals surface area contributed by atoms with Crippen LogP contribution < -0.4 is 0 Å². The van der Waals surface area contributed by atoms with Crippen LogP contribution in [0.4, 0.5) is 0 Å². The average molecular weight is 225 g/mol. The molecule has 4 nitrogen and oxygen atoms in total. The van der Waals surface area contributed by atoms with E-state index in [1.165, 1.54) is 17.1 Å². The molecule has 0 aromatic carbocycles. The second-order valence-electron chi connectivity index (χ2n) is 3.23. The van der Waals surface area contributed by atoms with Gasteiger partial charge in [0.2, 0.25) is 5.78 Å². The first-order valence-electron chi connectivity index (χ1n) is 4.37. The van der Waals surface area contributed by atoms with E-state index in [0.29, 0.717) is 16.5 Å². The molecule has 0 aliphatic carbocycles. The van der Waals surface area contributed by atoms with Crippen LogP contribution >= 0.6 is 11.6 Å². The van der Waals surface area contributed by atoms with Gasteiger partial charge in [0.05, 0.1) is 17.5 Å². The maximum Gasteiger partial charge on any atom is 0.247 e. The van der Waals surface area contributed by atoms with Gasteiger partial charge in [-0.25, -0.2) is 0 Å². The smallest absolute Gasteiger partial charge is 0.247 e. The van der Waals surface area contributed by atoms with Gasteiger partial charge in [0, 0.05) is 7.05 Å². The van der Waals surface area contributed by atoms with E-state index in [1.807, 2.05) is 0 Å². The van der Waals surface area contributed by atoms with Gasteiger partial charge >= 0.3 is 0 Å². The Kier molecular flexibility index (Phi) is 2.36. The molecule has 0 aliphatic heterocycles. The van der Waals surface area contributed by atoms with E-state index in [0.717, 1.165) is 5.56 Å². The number of carbonyl (C=O) groups is 1. The Bertz CT molecular complexity index is 494. The highest BCUT2D eigenvalue weighted by Crippen LogP contribution is 2.20. The zero-order valence-electron chi connectivity index (χ0n) is 8.32. The number of carbonyl (C=O) groups excluding carboxylic acids is 1. The Morgan fingerprint density at radius 3 is 2.80 bits per heavy atom. The summed E-state index contributed by atoms with van der Waals surface area (Å²) in [5.74, 6) is 0.0583. The summed E-state index contributed by atoms with van der Waals surface area (Å²) in [5.41, 5.74) is 1.13. The van der Waals surface area contributed by atoms with Crippen LogP contribution in [-0.4, -0.2) is 15.6 Å². The van der Waals surface area contributed by atoms with Crippen LogP contribution in [0.5, 0.6) is 0 Å². The highest BCUT2D eigenvalue weighted by molar-refractivity contribution is 6.34. The van der Waals surface area contributed by atoms with E-state index < -0.39 is 0 Å². The maximum absolute atomic E-state index is 12.0. The molecule has 78 valence electrons. The van der Waals surface area contributed by atoms with Crippen molar-refractivity contribution in [3.8, 4) is 0 Å². The molecule has 0 atom stereocenters. The molecule has 0 amide bonds. The fraction of sp³-hybridized carbons (Fsp3) is 0.200. The van der Waals surface area contributed by atoms with Crippen LogP contribution in [0, 0.1) is 6.92 Å². The van der Waals surface area contributed by atoms with Crippen LogP contribution in [0.3, 0.4) is 0 Å². The maximum atomic E-state index is 12.0. The molecule has 2 heterocycles. The third kappa shape index (κ3) is 1.57. The van der Waals surface area contributed by atoms with Gasteiger partial charge in [-0.05, 0) is 18.6 Å². The predicted octanol–water partition coefficient (Wildman–Crippen LogP) is 2.21. The largest absolute Gasteiger partial charge is 0.461 e. The number of rotatable bonds is 2. The number of ketones is 1. The van der Waals surface area contributed by atoms with Crippen LogP contribution in [0.25, 0.3) is 0 Å². The van der Waals surface area contributed by atoms with Crippen LogP contribution in [-0.2, 0) is 7.05 Å². The molecule has 5 heteroatoms. The summed E-state index contributed by atoms with van der Waals surface area (Å²) in [6, 6.07) is 1.73. The quantitative estimate of drug-likeness (QED) is 0.735. The lowest BCUT2D eigenvalue weighted by molar-refractivity contribution is 0.0999. The lowest BCUT2D eigenvalue weighted by Crippen LogP contribution is -2.09. The summed E-state index contributed by atoms with van der Waals surface area (Å²) in [5, 5.41) is 4.23. The van der Waals surface area contributed by atoms with Gasteiger partial charge in [-0.2, -0.15) is 5.10 Å². The fourth-order valence-corrected chi connectivity index (χ4v) is 1.63. The van der Waals surface area contributed by atoms with E-state index in [4.69, 9.17) is 16.0 Å². The Balaban J connectivity index is 2.50. The molecule has 0 saturated heterocycles. The molecule has 0 saturated carbocycles. The normalized spacial score (nSPS) is 10.6. The van der Waals surface area contributed by atoms with Gasteiger partial charge in [-0.3, -0.25) is 9.48 Å². The standard InChI is InChI=1S/C10H9ClN2O2/c1-6-3-4-15-10(6)9(14)8-7(11)5-12-13(8)2/h3-5H,1-2H3. The Morgan fingerprint density at radius 2 is 2.33 bits per heavy atom. The third-order valence-corrected chi connectivity index (χ3v) is 2.45. The summed E-state index contributed by atoms with van der Waals surface area (Å²) in [6.45, 7) is 1.81. The van der Waals surface area contributed by atoms with Crippen molar-refractivity contribution in [3.63, 3.8) is 0 Å². The lowest BCUT2D eigenvalue weighted by atomic mass is 10.1. The third-order valence-electron chi connectivity index (χ3n) is 2.18. The molecule has 0 spiro atoms. The van der Waals surface area contributed by atoms with Gasteiger partial charge in [-0.15, -0.1) is 0 Å². The van der Waals surface area contributed by atoms with Gasteiger partial charge in [-0.1, -0.05) is 11.6 Å². The first-order valence-corrected chi connectivity index (χ1v) is 4.75. The minimum absolute atomic E-state index is 0.248. The number of aromatic nitrogens is 2. The van der Waals surface area contributed by atoms with Crippen molar-refractivity contribution < 1.29 is 9.21 Å². The summed E-state index contributed by atoms with van der Waals surface area (Å²) in [4.78, 5) is 12.0. The monoisotopic (exact) mass is 224 g/mol. The van der Waals surface area contributed by atoms with Gasteiger partial charge in [0.15, 0.2) is 5.76 Å². The van der Waals surface area contributed by atoms with Crippen molar-refractivity contribution in [2.45, 2.75) is 6.92 Å². The molecule has 0 fully saturated rings. The predicted molar refractivity (Wildman–Crippen MR) is 55.1 cm³/mol. The minimum atomic E-state index is -0.248. The van der Waals surface area contributed by atoms with Crippen molar-refractivity contribution in [3.05, 3.63) is 40.6 Å². The topological polar surface area (TPSA) is 48.0 Å². The van der Waals surface area contributed by atoms with Crippen molar-refractivity contribution in [2.24, 2.45) is 7.05 Å². The number of furan rings is 1. The van der Waals surface area contributed by atoms with E-state index >= 15 is 0 Å². The van der Waals surface area contributed by atoms with Crippen LogP contribution in [0.2, 0.25) is 5.02 Å². The molecule has 0 radical (unpaired) electrons. The van der Waals surface area contributed by atoms with Gasteiger partial charge in [0.1, 0.15) is 5.69 Å². The molecule has 2 aromatic rings. The molecule has 0 aliphatic rings. The second kappa shape index (κ2) is 3.55. The van der Waals surface area contributed by atoms with Crippen molar-refractivity contribution in [1.82, 2.24) is 9.78 Å². The van der Waals surface area contributed by atoms with Gasteiger partial charge in [0.25, 0.3) is 0 Å². The molecule has 2 rings (SSSR count). The summed E-state index contributed by atoms with van der Waals surface area (Å²) < 4.78 is 6.55. The average Bonchev–Trinajstić information content (AvgIpc) is 2.73. The first kappa shape index (κ1) is 9.98. The van der Waals surface area contributed by atoms with E-state index in [-0.39, 0.29) is 5.78 Å². The summed E-state index contributed by atoms with van der Waals surface area (Å²) in [7, 11) is 1.66. The first-order chi connectivity index (χ1) is 7.11. The molecule has 15 heavy (non-hydrogen) atoms. The van der Waals surface area contributed by atoms with E-state index in [1.54, 1.807) is 20.0 Å². The number of nitrogens with zero attached hydrogens (tertiary/aromatic N) is 2. The number of hydrogen-bond donors (Lipinski definition) is 0. The van der Waals surface area contributed by atoms with Crippen molar-refractivity contribution >= 4 is 17.4 Å². The number of halogens is 1. The Labute approximate surface area is 91.4 Å². The Hall–Kier alpha value is -1.55. The van der Waals surface area contributed by atoms with E-state index in [9.17, 15) is 4.79 Å². The van der Waals surface area contributed by atoms with Crippen LogP contribution in [0.15, 0.2) is 22.9 Å². The second-order valence-corrected chi connectivity index (χ2v) is 3.63. The van der Waals surface area contributed by atoms with Gasteiger partial charge < -0.3 is 4.42 Å². The highest BCUT2D eigenvalue weighted by Gasteiger charge is 2.21. The summed E-state index contributed by atoms with van der Waals surface area (Å²) in [6.07, 6.45) is 2.92. The SMILES string of the molecule is Cc1ccoc1C(=O)c1c(Cl)cnn1C. The lowest BCUT2D eigenvalue weighted by Gasteiger charge is -2.00. The van der Waals surface area contributed by atoms with Crippen molar-refractivity contribution in [2.75, 3.05) is 0 Å². The highest BCUT2D eigenvalue weighted by atomic mass is 35.5. The molecule has 2 aromatic heterocycles. The van der Waals surface area contributed by atoms with Crippen molar-refractivity contribution in [1.29, 1.82) is 0 Å². The Morgan fingerprint density at radius 1 is 1.60 bits per heavy atom. The number of hydrogen-bond acceptors (Lipinski definition) is 3. The molecular weight excluding hydrogens is 216 g/mol. The minimum Gasteiger partial charge on any atom is -0.461 e. The molecule has 0 N–H and O–H groups in total. The fourth-order valence-electron chi connectivity index (χ4n) is 1.38. The zero-order valence-corrected chi connectivity index (χ0v) is 9.08.